The zero-order valence-electron chi connectivity index (χ0n) is 39.5. The lowest BCUT2D eigenvalue weighted by Crippen LogP contribution is -2.34. The van der Waals surface area contributed by atoms with Crippen molar-refractivity contribution in [3.05, 3.63) is 278 Å². The Labute approximate surface area is 388 Å². The van der Waals surface area contributed by atoms with E-state index < -0.39 is 17.3 Å². The van der Waals surface area contributed by atoms with Gasteiger partial charge in [0.15, 0.2) is 0 Å². The predicted octanol–water partition coefficient (Wildman–Crippen LogP) is 16.7. The molecular weight excluding hydrogens is 787 g/mol. The van der Waals surface area contributed by atoms with Gasteiger partial charge in [0.25, 0.3) is 0 Å². The van der Waals surface area contributed by atoms with E-state index in [1.807, 2.05) is 54.8 Å². The van der Waals surface area contributed by atoms with Gasteiger partial charge in [-0.3, -0.25) is 0 Å². The van der Waals surface area contributed by atoms with Crippen LogP contribution in [0.15, 0.2) is 249 Å². The Hall–Kier alpha value is -7.68. The number of anilines is 2. The Morgan fingerprint density at radius 3 is 1.88 bits per heavy atom. The minimum atomic E-state index is -0.849. The van der Waals surface area contributed by atoms with Gasteiger partial charge in [0.2, 0.25) is 0 Å². The Balaban J connectivity index is 1.13. The molecule has 0 radical (unpaired) electrons. The topological polar surface area (TPSA) is 16.4 Å². The molecule has 316 valence electrons. The molecule has 0 aliphatic heterocycles. The molecule has 0 saturated heterocycles. The fraction of sp³-hybridized carbons (Fsp3) is 0.111. The molecule has 65 heavy (non-hydrogen) atoms. The largest absolute Gasteiger partial charge is 0.455 e. The van der Waals surface area contributed by atoms with Crippen molar-refractivity contribution < 1.29 is 8.53 Å². The highest BCUT2D eigenvalue weighted by Crippen LogP contribution is 2.58. The van der Waals surface area contributed by atoms with Gasteiger partial charge in [-0.15, -0.1) is 19.7 Å². The van der Waals surface area contributed by atoms with Crippen molar-refractivity contribution in [3.63, 3.8) is 0 Å². The van der Waals surface area contributed by atoms with Crippen LogP contribution in [-0.2, 0) is 18.3 Å². The van der Waals surface area contributed by atoms with Crippen molar-refractivity contribution in [2.24, 2.45) is 5.92 Å². The number of hydrogen-bond donors (Lipinski definition) is 0. The van der Waals surface area contributed by atoms with Gasteiger partial charge in [0.1, 0.15) is 11.2 Å². The summed E-state index contributed by atoms with van der Waals surface area (Å²) in [6, 6.07) is 68.0. The molecule has 1 heterocycles. The third-order valence-electron chi connectivity index (χ3n) is 13.3. The van der Waals surface area contributed by atoms with Crippen molar-refractivity contribution in [1.29, 1.82) is 0 Å². The maximum atomic E-state index is 10.5. The Morgan fingerprint density at radius 2 is 1.18 bits per heavy atom. The predicted molar refractivity (Wildman–Crippen MR) is 275 cm³/mol. The van der Waals surface area contributed by atoms with E-state index in [1.54, 1.807) is 0 Å². The van der Waals surface area contributed by atoms with E-state index in [-0.39, 0.29) is 6.05 Å². The number of fused-ring (bicyclic) bond motifs is 4. The molecule has 8 aromatic carbocycles. The number of furan rings is 1. The van der Waals surface area contributed by atoms with Crippen molar-refractivity contribution in [3.8, 4) is 22.3 Å². The Bertz CT molecular complexity index is 3270. The fourth-order valence-corrected chi connectivity index (χ4v) is 10.2. The van der Waals surface area contributed by atoms with Crippen LogP contribution in [-0.4, -0.2) is 0 Å². The fourth-order valence-electron chi connectivity index (χ4n) is 10.2. The first-order valence-electron chi connectivity index (χ1n) is 24.2. The second kappa shape index (κ2) is 18.2. The van der Waals surface area contributed by atoms with E-state index in [1.165, 1.54) is 11.1 Å². The molecular formula is C63H53NO. The highest BCUT2D eigenvalue weighted by Gasteiger charge is 2.52. The van der Waals surface area contributed by atoms with Crippen LogP contribution in [0.1, 0.15) is 56.3 Å². The van der Waals surface area contributed by atoms with Gasteiger partial charge in [-0.2, -0.15) is 0 Å². The molecule has 2 unspecified atom stereocenters. The van der Waals surface area contributed by atoms with Gasteiger partial charge in [0.05, 0.1) is 9.53 Å². The molecule has 1 aromatic heterocycles. The molecule has 0 saturated carbocycles. The molecule has 0 bridgehead atoms. The average molecular weight is 843 g/mol. The molecule has 1 aliphatic rings. The molecule has 0 fully saturated rings. The van der Waals surface area contributed by atoms with Crippen LogP contribution in [0.4, 0.5) is 11.4 Å². The molecule has 1 aliphatic carbocycles. The molecule has 2 nitrogen and oxygen atoms in total. The summed E-state index contributed by atoms with van der Waals surface area (Å²) in [5, 5.41) is 2.17. The monoisotopic (exact) mass is 842 g/mol. The minimum absolute atomic E-state index is 0.164. The molecule has 9 aromatic rings. The summed E-state index contributed by atoms with van der Waals surface area (Å²) in [5.41, 5.74) is 13.6. The standard InChI is InChI=1S/C63H53NO/c1-4-7-20-45-32-33-49(44-48(45)21-8-5-2)46-34-38-52(39-35-46)64(53-40-36-47(37-41-53)55-28-19-29-58-57-27-16-18-31-61(57)65-62(55)58)43-42-60-54(6-3)56-26-15-17-30-59(56)63(60,50-22-11-9-12-23-50)51-24-13-10-14-25-51/h4-6,9-19,22-44,54,60H,1-3,7-8,20-21H2/b43-42+/i3D,6D,42D/b6-3?,43-42+. The van der Waals surface area contributed by atoms with E-state index in [2.05, 4.69) is 176 Å². The maximum absolute atomic E-state index is 10.5. The summed E-state index contributed by atoms with van der Waals surface area (Å²) >= 11 is 0. The van der Waals surface area contributed by atoms with E-state index in [9.17, 15) is 2.74 Å². The van der Waals surface area contributed by atoms with Gasteiger partial charge >= 0.3 is 0 Å². The van der Waals surface area contributed by atoms with Gasteiger partial charge in [-0.1, -0.05) is 188 Å². The number of nitrogens with zero attached hydrogens (tertiary/aromatic N) is 1. The summed E-state index contributed by atoms with van der Waals surface area (Å²) < 4.78 is 34.9. The van der Waals surface area contributed by atoms with Gasteiger partial charge in [0, 0.05) is 45.7 Å². The smallest absolute Gasteiger partial charge is 0.143 e. The molecule has 10 rings (SSSR count). The van der Waals surface area contributed by atoms with E-state index in [4.69, 9.17) is 5.79 Å². The van der Waals surface area contributed by atoms with Gasteiger partial charge in [-0.05, 0) is 106 Å². The highest BCUT2D eigenvalue weighted by atomic mass is 16.3. The lowest BCUT2D eigenvalue weighted by molar-refractivity contribution is 0.459. The van der Waals surface area contributed by atoms with Crippen molar-refractivity contribution >= 4 is 33.3 Å². The van der Waals surface area contributed by atoms with Crippen LogP contribution < -0.4 is 4.90 Å². The zero-order valence-corrected chi connectivity index (χ0v) is 36.5. The molecule has 2 heteroatoms. The number of aryl methyl sites for hydroxylation is 2. The van der Waals surface area contributed by atoms with Crippen LogP contribution in [0, 0.1) is 5.92 Å². The van der Waals surface area contributed by atoms with Crippen LogP contribution in [0.5, 0.6) is 0 Å². The SMILES string of the molecule is [2H]C=C([2H])C1c2ccccc2C(c2ccccc2)(c2ccccc2)C1/C([2H])=C/N(c1ccc(-c2ccc(CCC=C)c(CCC=C)c2)cc1)c1ccc(-c2cccc3c2oc2ccccc23)cc1. The minimum Gasteiger partial charge on any atom is -0.455 e. The lowest BCUT2D eigenvalue weighted by atomic mass is 9.64. The average Bonchev–Trinajstić information content (AvgIpc) is 3.94. The second-order valence-electron chi connectivity index (χ2n) is 16.9. The van der Waals surface area contributed by atoms with Crippen molar-refractivity contribution in [1.82, 2.24) is 0 Å². The number of benzene rings is 8. The summed E-state index contributed by atoms with van der Waals surface area (Å²) in [6.07, 6.45) is 9.65. The summed E-state index contributed by atoms with van der Waals surface area (Å²) in [6.45, 7) is 9.10. The summed E-state index contributed by atoms with van der Waals surface area (Å²) in [7, 11) is 0. The molecule has 2 atom stereocenters. The summed E-state index contributed by atoms with van der Waals surface area (Å²) in [4.78, 5) is 2.11. The molecule has 0 spiro atoms. The number of hydrogen-bond acceptors (Lipinski definition) is 2. The van der Waals surface area contributed by atoms with Crippen LogP contribution in [0.3, 0.4) is 0 Å². The van der Waals surface area contributed by atoms with E-state index >= 15 is 0 Å². The number of allylic oxidation sites excluding steroid dienone is 4. The summed E-state index contributed by atoms with van der Waals surface area (Å²) in [5.74, 6) is -1.15. The van der Waals surface area contributed by atoms with Crippen molar-refractivity contribution in [2.75, 3.05) is 4.90 Å². The first kappa shape index (κ1) is 37.8. The second-order valence-corrected chi connectivity index (χ2v) is 16.9. The van der Waals surface area contributed by atoms with E-state index in [0.29, 0.717) is 6.05 Å². The zero-order chi connectivity index (χ0) is 46.6. The number of rotatable bonds is 15. The Morgan fingerprint density at radius 1 is 0.585 bits per heavy atom. The van der Waals surface area contributed by atoms with Gasteiger partial charge < -0.3 is 9.32 Å². The van der Waals surface area contributed by atoms with E-state index in [0.717, 1.165) is 110 Å². The first-order valence-corrected chi connectivity index (χ1v) is 22.6. The van der Waals surface area contributed by atoms with Gasteiger partial charge in [-0.25, -0.2) is 0 Å². The maximum Gasteiger partial charge on any atom is 0.143 e. The molecule has 0 amide bonds. The quantitative estimate of drug-likeness (QED) is 0.0956. The third-order valence-corrected chi connectivity index (χ3v) is 13.3. The number of para-hydroxylation sites is 2. The first-order chi connectivity index (χ1) is 33.4. The Kier molecular flexibility index (Phi) is 10.6. The van der Waals surface area contributed by atoms with Crippen molar-refractivity contribution in [2.45, 2.75) is 37.0 Å². The normalized spacial score (nSPS) is 16.4. The molecule has 0 N–H and O–H groups in total. The van der Waals surface area contributed by atoms with Crippen LogP contribution >= 0.6 is 0 Å². The lowest BCUT2D eigenvalue weighted by Gasteiger charge is -2.38. The van der Waals surface area contributed by atoms with Crippen LogP contribution in [0.2, 0.25) is 0 Å². The van der Waals surface area contributed by atoms with Crippen LogP contribution in [0.25, 0.3) is 44.2 Å². The highest BCUT2D eigenvalue weighted by molar-refractivity contribution is 6.09. The third kappa shape index (κ3) is 7.55.